The molecule has 5 nitrogen and oxygen atoms in total. The highest BCUT2D eigenvalue weighted by molar-refractivity contribution is 4.96. The van der Waals surface area contributed by atoms with Crippen LogP contribution in [0.2, 0.25) is 0 Å². The smallest absolute Gasteiger partial charge is 0.129 e. The minimum atomic E-state index is -0.538. The Morgan fingerprint density at radius 1 is 1.45 bits per heavy atom. The van der Waals surface area contributed by atoms with Crippen LogP contribution in [0.1, 0.15) is 31.9 Å². The van der Waals surface area contributed by atoms with E-state index in [4.69, 9.17) is 9.15 Å². The molecule has 1 aromatic heterocycles. The number of rotatable bonds is 7. The maximum Gasteiger partial charge on any atom is 0.129 e. The first-order chi connectivity index (χ1) is 9.66. The first-order valence-corrected chi connectivity index (χ1v) is 7.37. The van der Waals surface area contributed by atoms with E-state index in [0.29, 0.717) is 13.2 Å². The zero-order valence-corrected chi connectivity index (χ0v) is 12.1. The number of aliphatic hydroxyl groups is 2. The van der Waals surface area contributed by atoms with Crippen LogP contribution >= 0.6 is 0 Å². The monoisotopic (exact) mass is 283 g/mol. The number of furan rings is 1. The van der Waals surface area contributed by atoms with E-state index in [9.17, 15) is 10.2 Å². The van der Waals surface area contributed by atoms with E-state index in [-0.39, 0.29) is 18.8 Å². The Labute approximate surface area is 120 Å². The molecule has 5 heteroatoms. The van der Waals surface area contributed by atoms with Crippen LogP contribution in [0.4, 0.5) is 0 Å². The third kappa shape index (κ3) is 4.59. The molecule has 0 bridgehead atoms. The lowest BCUT2D eigenvalue weighted by Gasteiger charge is -2.38. The molecule has 2 heterocycles. The van der Waals surface area contributed by atoms with Crippen molar-refractivity contribution in [2.24, 2.45) is 0 Å². The zero-order valence-electron chi connectivity index (χ0n) is 12.1. The van der Waals surface area contributed by atoms with E-state index in [0.717, 1.165) is 31.6 Å². The molecule has 1 fully saturated rings. The van der Waals surface area contributed by atoms with Crippen LogP contribution in [0.25, 0.3) is 0 Å². The molecule has 0 aromatic carbocycles. The molecular weight excluding hydrogens is 258 g/mol. The van der Waals surface area contributed by atoms with Crippen molar-refractivity contribution in [2.75, 3.05) is 19.7 Å². The van der Waals surface area contributed by atoms with Gasteiger partial charge >= 0.3 is 0 Å². The Kier molecular flexibility index (Phi) is 6.04. The highest BCUT2D eigenvalue weighted by Crippen LogP contribution is 2.20. The summed E-state index contributed by atoms with van der Waals surface area (Å²) in [5.41, 5.74) is 0. The van der Waals surface area contributed by atoms with Crippen LogP contribution < -0.4 is 0 Å². The average molecular weight is 283 g/mol. The van der Waals surface area contributed by atoms with Crippen molar-refractivity contribution in [1.82, 2.24) is 4.90 Å². The number of hydrogen-bond acceptors (Lipinski definition) is 5. The van der Waals surface area contributed by atoms with Crippen LogP contribution in [0.15, 0.2) is 22.8 Å². The average Bonchev–Trinajstić information content (AvgIpc) is 2.92. The van der Waals surface area contributed by atoms with Crippen molar-refractivity contribution in [3.63, 3.8) is 0 Å². The van der Waals surface area contributed by atoms with Gasteiger partial charge in [0.15, 0.2) is 0 Å². The molecule has 1 saturated heterocycles. The molecule has 0 amide bonds. The first-order valence-electron chi connectivity index (χ1n) is 7.37. The van der Waals surface area contributed by atoms with Crippen LogP contribution in [0.3, 0.4) is 0 Å². The summed E-state index contributed by atoms with van der Waals surface area (Å²) in [6.45, 7) is 3.97. The normalized spacial score (nSPS) is 23.6. The quantitative estimate of drug-likeness (QED) is 0.791. The van der Waals surface area contributed by atoms with Crippen LogP contribution in [-0.4, -0.2) is 53.1 Å². The fourth-order valence-electron chi connectivity index (χ4n) is 2.80. The summed E-state index contributed by atoms with van der Waals surface area (Å²) >= 11 is 0. The number of nitrogens with zero attached hydrogens (tertiary/aromatic N) is 1. The molecule has 3 unspecified atom stereocenters. The molecular formula is C15H25NO4. The summed E-state index contributed by atoms with van der Waals surface area (Å²) in [6, 6.07) is 3.82. The van der Waals surface area contributed by atoms with Gasteiger partial charge in [-0.05, 0) is 38.4 Å². The SMILES string of the molecule is CC(O)C1CCCCN1CC(O)COCc1ccco1. The van der Waals surface area contributed by atoms with Gasteiger partial charge in [0, 0.05) is 12.6 Å². The number of hydrogen-bond donors (Lipinski definition) is 2. The fourth-order valence-corrected chi connectivity index (χ4v) is 2.80. The predicted octanol–water partition coefficient (Wildman–Crippen LogP) is 1.39. The predicted molar refractivity (Wildman–Crippen MR) is 75.3 cm³/mol. The van der Waals surface area contributed by atoms with Gasteiger partial charge in [-0.1, -0.05) is 6.42 Å². The van der Waals surface area contributed by atoms with Gasteiger partial charge in [0.25, 0.3) is 0 Å². The highest BCUT2D eigenvalue weighted by Gasteiger charge is 2.27. The van der Waals surface area contributed by atoms with Gasteiger partial charge in [0.2, 0.25) is 0 Å². The van der Waals surface area contributed by atoms with Crippen molar-refractivity contribution in [1.29, 1.82) is 0 Å². The highest BCUT2D eigenvalue weighted by atomic mass is 16.5. The Morgan fingerprint density at radius 3 is 3.00 bits per heavy atom. The summed E-state index contributed by atoms with van der Waals surface area (Å²) in [4.78, 5) is 2.18. The van der Waals surface area contributed by atoms with Crippen LogP contribution in [-0.2, 0) is 11.3 Å². The summed E-state index contributed by atoms with van der Waals surface area (Å²) in [6.07, 6.45) is 3.99. The topological polar surface area (TPSA) is 66.1 Å². The van der Waals surface area contributed by atoms with Gasteiger partial charge in [-0.3, -0.25) is 4.90 Å². The van der Waals surface area contributed by atoms with Gasteiger partial charge in [-0.25, -0.2) is 0 Å². The summed E-state index contributed by atoms with van der Waals surface area (Å²) in [5, 5.41) is 19.8. The molecule has 20 heavy (non-hydrogen) atoms. The Bertz CT molecular complexity index is 366. The Morgan fingerprint density at radius 2 is 2.30 bits per heavy atom. The second kappa shape index (κ2) is 7.78. The minimum Gasteiger partial charge on any atom is -0.467 e. The number of piperidine rings is 1. The van der Waals surface area contributed by atoms with Crippen LogP contribution in [0.5, 0.6) is 0 Å². The van der Waals surface area contributed by atoms with Gasteiger partial charge < -0.3 is 19.4 Å². The minimum absolute atomic E-state index is 0.156. The third-order valence-electron chi connectivity index (χ3n) is 3.80. The number of β-amino-alcohol motifs (C(OH)–C–C–N with tert-alkyl or cyclic N) is 1. The number of likely N-dealkylation sites (tertiary alicyclic amines) is 1. The summed E-state index contributed by atoms with van der Waals surface area (Å²) in [7, 11) is 0. The van der Waals surface area contributed by atoms with E-state index >= 15 is 0 Å². The number of aliphatic hydroxyl groups excluding tert-OH is 2. The van der Waals surface area contributed by atoms with Crippen molar-refractivity contribution < 1.29 is 19.4 Å². The molecule has 0 radical (unpaired) electrons. The lowest BCUT2D eigenvalue weighted by atomic mass is 9.98. The van der Waals surface area contributed by atoms with Gasteiger partial charge in [-0.15, -0.1) is 0 Å². The van der Waals surface area contributed by atoms with Gasteiger partial charge in [0.1, 0.15) is 12.4 Å². The maximum absolute atomic E-state index is 10.1. The molecule has 3 atom stereocenters. The lowest BCUT2D eigenvalue weighted by molar-refractivity contribution is -0.0265. The summed E-state index contributed by atoms with van der Waals surface area (Å²) in [5.74, 6) is 0.761. The number of ether oxygens (including phenoxy) is 1. The van der Waals surface area contributed by atoms with E-state index in [2.05, 4.69) is 4.90 Å². The maximum atomic E-state index is 10.1. The first kappa shape index (κ1) is 15.5. The van der Waals surface area contributed by atoms with Crippen molar-refractivity contribution in [3.8, 4) is 0 Å². The van der Waals surface area contributed by atoms with Gasteiger partial charge in [-0.2, -0.15) is 0 Å². The van der Waals surface area contributed by atoms with Crippen molar-refractivity contribution in [3.05, 3.63) is 24.2 Å². The lowest BCUT2D eigenvalue weighted by Crippen LogP contribution is -2.49. The molecule has 1 aliphatic rings. The molecule has 0 aliphatic carbocycles. The zero-order chi connectivity index (χ0) is 14.4. The molecule has 2 N–H and O–H groups in total. The third-order valence-corrected chi connectivity index (χ3v) is 3.80. The van der Waals surface area contributed by atoms with Crippen molar-refractivity contribution >= 4 is 0 Å². The second-order valence-corrected chi connectivity index (χ2v) is 5.55. The molecule has 0 spiro atoms. The molecule has 0 saturated carbocycles. The van der Waals surface area contributed by atoms with E-state index in [1.807, 2.05) is 19.1 Å². The molecule has 2 rings (SSSR count). The van der Waals surface area contributed by atoms with Crippen LogP contribution in [0, 0.1) is 0 Å². The Balaban J connectivity index is 1.70. The standard InChI is InChI=1S/C15H25NO4/c1-12(17)15-6-2-3-7-16(15)9-13(18)10-19-11-14-5-4-8-20-14/h4-5,8,12-13,15,17-18H,2-3,6-7,9-11H2,1H3. The second-order valence-electron chi connectivity index (χ2n) is 5.55. The van der Waals surface area contributed by atoms with Crippen molar-refractivity contribution in [2.45, 2.75) is 51.0 Å². The van der Waals surface area contributed by atoms with Gasteiger partial charge in [0.05, 0.1) is 25.1 Å². The molecule has 1 aromatic rings. The van der Waals surface area contributed by atoms with E-state index in [1.165, 1.54) is 0 Å². The molecule has 1 aliphatic heterocycles. The summed E-state index contributed by atoms with van der Waals surface area (Å²) < 4.78 is 10.6. The largest absolute Gasteiger partial charge is 0.467 e. The fraction of sp³-hybridized carbons (Fsp3) is 0.733. The Hall–Kier alpha value is -0.880. The van der Waals surface area contributed by atoms with E-state index < -0.39 is 6.10 Å². The molecule has 114 valence electrons. The van der Waals surface area contributed by atoms with E-state index in [1.54, 1.807) is 6.26 Å².